The Balaban J connectivity index is 1.41. The lowest BCUT2D eigenvalue weighted by Crippen LogP contribution is -2.58. The molecule has 1 fully saturated rings. The molecule has 168 valence electrons. The number of aromatic nitrogens is 1. The second-order valence-electron chi connectivity index (χ2n) is 8.14. The average Bonchev–Trinajstić information content (AvgIpc) is 2.96. The maximum Gasteiger partial charge on any atom is 0.256 e. The van der Waals surface area contributed by atoms with Crippen molar-refractivity contribution in [2.24, 2.45) is 0 Å². The second kappa shape index (κ2) is 8.86. The van der Waals surface area contributed by atoms with Gasteiger partial charge in [-0.2, -0.15) is 0 Å². The van der Waals surface area contributed by atoms with Crippen LogP contribution in [0.15, 0.2) is 42.6 Å². The Morgan fingerprint density at radius 1 is 1.25 bits per heavy atom. The van der Waals surface area contributed by atoms with E-state index in [0.717, 1.165) is 11.3 Å². The van der Waals surface area contributed by atoms with Crippen molar-refractivity contribution in [3.05, 3.63) is 53.7 Å². The number of methoxy groups -OCH3 is 1. The van der Waals surface area contributed by atoms with Crippen LogP contribution in [-0.2, 0) is 16.1 Å². The Bertz CT molecular complexity index is 1040. The molecular weight excluding hydrogens is 410 g/mol. The molecule has 9 nitrogen and oxygen atoms in total. The maximum atomic E-state index is 12.8. The lowest BCUT2D eigenvalue weighted by Gasteiger charge is -2.39. The summed E-state index contributed by atoms with van der Waals surface area (Å²) < 4.78 is 5.21. The van der Waals surface area contributed by atoms with Gasteiger partial charge in [-0.3, -0.25) is 14.4 Å². The number of ether oxygens (including phenoxy) is 1. The Kier molecular flexibility index (Phi) is 5.98. The minimum Gasteiger partial charge on any atom is -0.497 e. The first kappa shape index (κ1) is 21.6. The van der Waals surface area contributed by atoms with Crippen LogP contribution in [0.2, 0.25) is 0 Å². The highest BCUT2D eigenvalue weighted by molar-refractivity contribution is 6.01. The van der Waals surface area contributed by atoms with Gasteiger partial charge in [0.2, 0.25) is 11.8 Å². The summed E-state index contributed by atoms with van der Waals surface area (Å²) in [5.74, 6) is 0.674. The number of nitrogens with one attached hydrogen (secondary N) is 3. The Morgan fingerprint density at radius 3 is 2.91 bits per heavy atom. The molecule has 0 aliphatic carbocycles. The number of anilines is 1. The molecule has 4 rings (SSSR count). The van der Waals surface area contributed by atoms with Crippen LogP contribution < -0.4 is 20.7 Å². The minimum absolute atomic E-state index is 0.117. The number of nitrogens with zero attached hydrogens (tertiary/aromatic N) is 2. The molecule has 1 spiro atoms. The number of likely N-dealkylation sites (tertiary alicyclic amines) is 1. The predicted molar refractivity (Wildman–Crippen MR) is 118 cm³/mol. The van der Waals surface area contributed by atoms with Gasteiger partial charge < -0.3 is 25.6 Å². The Labute approximate surface area is 186 Å². The minimum atomic E-state index is -0.764. The van der Waals surface area contributed by atoms with Crippen LogP contribution in [0.4, 0.5) is 5.82 Å². The summed E-state index contributed by atoms with van der Waals surface area (Å²) >= 11 is 0. The van der Waals surface area contributed by atoms with Crippen LogP contribution in [-0.4, -0.2) is 53.0 Å². The van der Waals surface area contributed by atoms with Crippen molar-refractivity contribution >= 4 is 23.5 Å². The van der Waals surface area contributed by atoms with Gasteiger partial charge in [0.25, 0.3) is 5.91 Å². The lowest BCUT2D eigenvalue weighted by atomic mass is 9.97. The van der Waals surface area contributed by atoms with E-state index in [4.69, 9.17) is 4.74 Å². The summed E-state index contributed by atoms with van der Waals surface area (Å²) in [6, 6.07) is 10.2. The highest BCUT2D eigenvalue weighted by Crippen LogP contribution is 2.30. The average molecular weight is 438 g/mol. The van der Waals surface area contributed by atoms with Crippen LogP contribution in [0.3, 0.4) is 0 Å². The van der Waals surface area contributed by atoms with Gasteiger partial charge in [0.1, 0.15) is 23.3 Å². The second-order valence-corrected chi connectivity index (χ2v) is 8.14. The van der Waals surface area contributed by atoms with E-state index in [9.17, 15) is 14.4 Å². The number of carbonyl (C=O) groups is 3. The van der Waals surface area contributed by atoms with Crippen LogP contribution in [0, 0.1) is 0 Å². The SMILES string of the molecule is COc1cccc(CNC(=O)C(C)N2CCC3(CCC2=O)NC(=O)c2cccnc2N3)c1. The molecule has 3 amide bonds. The fourth-order valence-corrected chi connectivity index (χ4v) is 4.18. The van der Waals surface area contributed by atoms with Crippen molar-refractivity contribution < 1.29 is 19.1 Å². The van der Waals surface area contributed by atoms with Crippen LogP contribution >= 0.6 is 0 Å². The monoisotopic (exact) mass is 437 g/mol. The van der Waals surface area contributed by atoms with E-state index in [2.05, 4.69) is 20.9 Å². The van der Waals surface area contributed by atoms with Crippen LogP contribution in [0.25, 0.3) is 0 Å². The first-order valence-corrected chi connectivity index (χ1v) is 10.7. The molecule has 2 atom stereocenters. The normalized spacial score (nSPS) is 21.1. The molecule has 0 radical (unpaired) electrons. The third-order valence-electron chi connectivity index (χ3n) is 6.08. The van der Waals surface area contributed by atoms with E-state index in [1.807, 2.05) is 24.3 Å². The van der Waals surface area contributed by atoms with Gasteiger partial charge in [0.05, 0.1) is 12.7 Å². The largest absolute Gasteiger partial charge is 0.497 e. The smallest absolute Gasteiger partial charge is 0.256 e. The molecule has 2 aliphatic rings. The molecule has 1 saturated heterocycles. The molecule has 3 heterocycles. The van der Waals surface area contributed by atoms with Gasteiger partial charge in [-0.25, -0.2) is 4.98 Å². The fourth-order valence-electron chi connectivity index (χ4n) is 4.18. The first-order chi connectivity index (χ1) is 15.4. The molecule has 32 heavy (non-hydrogen) atoms. The summed E-state index contributed by atoms with van der Waals surface area (Å²) in [6.45, 7) is 2.40. The highest BCUT2D eigenvalue weighted by atomic mass is 16.5. The number of hydrogen-bond donors (Lipinski definition) is 3. The van der Waals surface area contributed by atoms with Crippen molar-refractivity contribution in [1.82, 2.24) is 20.5 Å². The third-order valence-corrected chi connectivity index (χ3v) is 6.08. The number of amides is 3. The molecule has 1 aromatic carbocycles. The molecule has 2 unspecified atom stereocenters. The summed E-state index contributed by atoms with van der Waals surface area (Å²) in [5.41, 5.74) is 0.627. The van der Waals surface area contributed by atoms with E-state index in [-0.39, 0.29) is 24.1 Å². The molecule has 2 aliphatic heterocycles. The lowest BCUT2D eigenvalue weighted by molar-refractivity contribution is -0.139. The first-order valence-electron chi connectivity index (χ1n) is 10.7. The van der Waals surface area contributed by atoms with E-state index in [0.29, 0.717) is 37.3 Å². The summed E-state index contributed by atoms with van der Waals surface area (Å²) in [7, 11) is 1.59. The molecule has 2 aromatic rings. The Hall–Kier alpha value is -3.62. The Morgan fingerprint density at radius 2 is 2.09 bits per heavy atom. The van der Waals surface area contributed by atoms with E-state index in [1.165, 1.54) is 0 Å². The molecular formula is C23H27N5O4. The summed E-state index contributed by atoms with van der Waals surface area (Å²) in [5, 5.41) is 9.22. The summed E-state index contributed by atoms with van der Waals surface area (Å²) in [4.78, 5) is 44.1. The molecule has 0 bridgehead atoms. The fraction of sp³-hybridized carbons (Fsp3) is 0.391. The molecule has 0 saturated carbocycles. The number of benzene rings is 1. The van der Waals surface area contributed by atoms with Crippen molar-refractivity contribution in [2.75, 3.05) is 19.0 Å². The van der Waals surface area contributed by atoms with E-state index >= 15 is 0 Å². The predicted octanol–water partition coefficient (Wildman–Crippen LogP) is 1.66. The molecule has 1 aromatic heterocycles. The molecule has 3 N–H and O–H groups in total. The van der Waals surface area contributed by atoms with Gasteiger partial charge in [-0.1, -0.05) is 12.1 Å². The molecule has 9 heteroatoms. The number of fused-ring (bicyclic) bond motifs is 1. The van der Waals surface area contributed by atoms with Crippen molar-refractivity contribution in [3.63, 3.8) is 0 Å². The van der Waals surface area contributed by atoms with E-state index in [1.54, 1.807) is 37.3 Å². The van der Waals surface area contributed by atoms with Gasteiger partial charge in [0, 0.05) is 32.1 Å². The number of hydrogen-bond acceptors (Lipinski definition) is 6. The van der Waals surface area contributed by atoms with Crippen LogP contribution in [0.1, 0.15) is 42.1 Å². The quantitative estimate of drug-likeness (QED) is 0.656. The topological polar surface area (TPSA) is 113 Å². The van der Waals surface area contributed by atoms with Gasteiger partial charge in [0.15, 0.2) is 0 Å². The highest BCUT2D eigenvalue weighted by Gasteiger charge is 2.42. The van der Waals surface area contributed by atoms with Gasteiger partial charge >= 0.3 is 0 Å². The number of pyridine rings is 1. The van der Waals surface area contributed by atoms with Gasteiger partial charge in [-0.05, 0) is 43.2 Å². The maximum absolute atomic E-state index is 12.8. The third kappa shape index (κ3) is 4.37. The summed E-state index contributed by atoms with van der Waals surface area (Å²) in [6.07, 6.45) is 2.72. The zero-order valence-corrected chi connectivity index (χ0v) is 18.2. The number of carbonyl (C=O) groups excluding carboxylic acids is 3. The van der Waals surface area contributed by atoms with Crippen molar-refractivity contribution in [1.29, 1.82) is 0 Å². The van der Waals surface area contributed by atoms with Crippen LogP contribution in [0.5, 0.6) is 5.75 Å². The van der Waals surface area contributed by atoms with E-state index < -0.39 is 11.7 Å². The van der Waals surface area contributed by atoms with Gasteiger partial charge in [-0.15, -0.1) is 0 Å². The zero-order valence-electron chi connectivity index (χ0n) is 18.2. The van der Waals surface area contributed by atoms with Crippen molar-refractivity contribution in [2.45, 2.75) is 44.4 Å². The standard InChI is InChI=1S/C23H27N5O4/c1-15(21(30)25-14-16-5-3-6-17(13-16)32-2)28-12-10-23(9-8-19(28)29)26-20-18(22(31)27-23)7-4-11-24-20/h3-7,11,13,15H,8-10,12,14H2,1-2H3,(H,24,26)(H,25,30)(H,27,31). The van der Waals surface area contributed by atoms with Crippen molar-refractivity contribution in [3.8, 4) is 5.75 Å². The number of rotatable bonds is 5. The zero-order chi connectivity index (χ0) is 22.7.